The molecule has 0 aliphatic carbocycles. The Labute approximate surface area is 407 Å². The molecule has 0 bridgehead atoms. The number of nitrogen functional groups attached to an aromatic ring is 1. The minimum Gasteiger partial charge on any atom is -0.756 e. The summed E-state index contributed by atoms with van der Waals surface area (Å²) >= 11 is 1.01. The number of carbonyl (C=O) groups is 3. The molecular formula is C28H37N7Na3O17P3S. The van der Waals surface area contributed by atoms with Crippen molar-refractivity contribution in [3.8, 4) is 0 Å². The summed E-state index contributed by atoms with van der Waals surface area (Å²) in [6, 6.07) is 8.55. The summed E-state index contributed by atoms with van der Waals surface area (Å²) in [7, 11) is -17.3. The van der Waals surface area contributed by atoms with Crippen LogP contribution in [-0.2, 0) is 45.9 Å². The van der Waals surface area contributed by atoms with Crippen LogP contribution in [0.15, 0.2) is 43.0 Å². The molecule has 7 N–H and O–H groups in total. The Bertz CT molecular complexity index is 2020. The number of phosphoric acid groups is 3. The van der Waals surface area contributed by atoms with Crippen LogP contribution >= 0.6 is 35.2 Å². The van der Waals surface area contributed by atoms with E-state index in [0.29, 0.717) is 11.3 Å². The summed E-state index contributed by atoms with van der Waals surface area (Å²) in [6.07, 6.45) is -7.41. The van der Waals surface area contributed by atoms with Crippen molar-refractivity contribution in [1.29, 1.82) is 0 Å². The zero-order valence-electron chi connectivity index (χ0n) is 32.3. The number of imidazole rings is 1. The van der Waals surface area contributed by atoms with Crippen LogP contribution in [0.1, 0.15) is 36.9 Å². The second kappa shape index (κ2) is 24.7. The first kappa shape index (κ1) is 56.8. The average molecular weight is 938 g/mol. The summed E-state index contributed by atoms with van der Waals surface area (Å²) in [5.41, 5.74) is 4.62. The fourth-order valence-electron chi connectivity index (χ4n) is 4.91. The zero-order valence-corrected chi connectivity index (χ0v) is 41.8. The van der Waals surface area contributed by atoms with Crippen molar-refractivity contribution in [2.45, 2.75) is 50.9 Å². The molecule has 8 atom stereocenters. The molecule has 3 heterocycles. The summed E-state index contributed by atoms with van der Waals surface area (Å²) in [5, 5.41) is 26.1. The van der Waals surface area contributed by atoms with Gasteiger partial charge in [-0.3, -0.25) is 32.6 Å². The zero-order chi connectivity index (χ0) is 41.5. The molecule has 8 unspecified atom stereocenters. The monoisotopic (exact) mass is 937 g/mol. The number of aliphatic hydroxyl groups excluding tert-OH is 2. The van der Waals surface area contributed by atoms with Gasteiger partial charge in [0.05, 0.1) is 19.5 Å². The van der Waals surface area contributed by atoms with Gasteiger partial charge in [0.15, 0.2) is 17.7 Å². The van der Waals surface area contributed by atoms with Crippen LogP contribution in [0.5, 0.6) is 0 Å². The van der Waals surface area contributed by atoms with E-state index in [2.05, 4.69) is 43.5 Å². The molecule has 31 heteroatoms. The van der Waals surface area contributed by atoms with E-state index >= 15 is 0 Å². The van der Waals surface area contributed by atoms with Gasteiger partial charge in [-0.15, -0.1) is 0 Å². The number of phosphoric ester groups is 3. The second-order valence-electron chi connectivity index (χ2n) is 12.5. The minimum atomic E-state index is -5.90. The normalized spacial score (nSPS) is 21.3. The Kier molecular flexibility index (Phi) is 23.8. The van der Waals surface area contributed by atoms with Gasteiger partial charge in [-0.05, 0) is 0 Å². The minimum absolute atomic E-state index is 0. The van der Waals surface area contributed by atoms with Gasteiger partial charge in [-0.2, -0.15) is 0 Å². The number of ether oxygens (including phenoxy) is 1. The van der Waals surface area contributed by atoms with Crippen LogP contribution in [0.3, 0.4) is 0 Å². The number of aromatic nitrogens is 4. The first-order valence-corrected chi connectivity index (χ1v) is 21.6. The molecule has 59 heavy (non-hydrogen) atoms. The van der Waals surface area contributed by atoms with E-state index in [-0.39, 0.29) is 130 Å². The number of anilines is 1. The molecule has 3 aromatic rings. The number of fused-ring (bicyclic) bond motifs is 1. The number of benzene rings is 1. The predicted octanol–water partition coefficient (Wildman–Crippen LogP) is -10.9. The summed E-state index contributed by atoms with van der Waals surface area (Å²) in [6.45, 7) is 0.0993. The maximum absolute atomic E-state index is 12.5. The predicted molar refractivity (Wildman–Crippen MR) is 186 cm³/mol. The molecular weight excluding hydrogens is 900 g/mol. The Balaban J connectivity index is 0.00000580. The van der Waals surface area contributed by atoms with E-state index in [1.54, 1.807) is 30.3 Å². The van der Waals surface area contributed by atoms with Crippen molar-refractivity contribution in [1.82, 2.24) is 30.2 Å². The number of thioether (sulfide) groups is 1. The van der Waals surface area contributed by atoms with Crippen molar-refractivity contribution in [3.05, 3.63) is 48.5 Å². The van der Waals surface area contributed by atoms with Gasteiger partial charge >= 0.3 is 88.7 Å². The molecule has 2 amide bonds. The van der Waals surface area contributed by atoms with Crippen LogP contribution in [0.4, 0.5) is 5.82 Å². The van der Waals surface area contributed by atoms with Crippen molar-refractivity contribution in [2.24, 2.45) is 5.41 Å². The van der Waals surface area contributed by atoms with Crippen molar-refractivity contribution in [3.63, 3.8) is 0 Å². The summed E-state index contributed by atoms with van der Waals surface area (Å²) in [4.78, 5) is 94.2. The molecule has 1 fully saturated rings. The average Bonchev–Trinajstić information content (AvgIpc) is 3.68. The van der Waals surface area contributed by atoms with Crippen LogP contribution in [-0.4, -0.2) is 108 Å². The molecule has 2 aromatic heterocycles. The molecule has 24 nitrogen and oxygen atoms in total. The van der Waals surface area contributed by atoms with Gasteiger partial charge < -0.3 is 64.5 Å². The maximum Gasteiger partial charge on any atom is 1.00 e. The third-order valence-electron chi connectivity index (χ3n) is 7.72. The Morgan fingerprint density at radius 3 is 2.31 bits per heavy atom. The Morgan fingerprint density at radius 1 is 1.02 bits per heavy atom. The van der Waals surface area contributed by atoms with Gasteiger partial charge in [0.1, 0.15) is 36.3 Å². The smallest absolute Gasteiger partial charge is 0.756 e. The topological polar surface area (TPSA) is 372 Å². The molecule has 0 spiro atoms. The molecule has 0 saturated carbocycles. The van der Waals surface area contributed by atoms with Crippen LogP contribution in [0, 0.1) is 5.41 Å². The molecule has 4 rings (SSSR count). The number of nitrogens with one attached hydrogen (secondary N) is 2. The molecule has 1 saturated heterocycles. The van der Waals surface area contributed by atoms with Crippen molar-refractivity contribution >= 4 is 69.1 Å². The van der Waals surface area contributed by atoms with Crippen molar-refractivity contribution < 1.29 is 169 Å². The van der Waals surface area contributed by atoms with E-state index in [9.17, 15) is 57.9 Å². The SMILES string of the molecule is CC(C)(COP(=O)([O-])OP(=O)([O-])OCC1OC(n2cnc3c(N)ncnc32)C(O)C1OP(=O)([O-])O)C(O)C(=O)NCCC(=O)NCCSC(=O)c1ccccc1.[Na+].[Na+].[Na+]. The maximum atomic E-state index is 12.5. The fraction of sp³-hybridized carbons (Fsp3) is 0.500. The number of carbonyl (C=O) groups excluding carboxylic acids is 3. The van der Waals surface area contributed by atoms with Gasteiger partial charge in [-0.1, -0.05) is 55.9 Å². The Morgan fingerprint density at radius 2 is 1.66 bits per heavy atom. The molecule has 1 aliphatic rings. The number of nitrogens with zero attached hydrogens (tertiary/aromatic N) is 4. The first-order chi connectivity index (χ1) is 26.1. The van der Waals surface area contributed by atoms with Crippen LogP contribution in [0.2, 0.25) is 0 Å². The standard InChI is InChI=1S/C28H40N7O17P3S.3Na/c1-28(2,22(38)25(39)31-9-8-18(36)30-10-11-56-27(40)16-6-4-3-5-7-16)13-49-55(46,47)52-54(44,45)48-12-17-21(51-53(41,42)43)20(37)26(50-17)35-15-34-19-23(29)32-14-33-24(19)35;;;/h3-7,14-15,17,20-22,26,37-38H,8-13H2,1-2H3,(H,30,36)(H,31,39)(H,44,45)(H,46,47)(H2,29,32,33)(H2,41,42,43);;;/q;3*+1/p-3. The van der Waals surface area contributed by atoms with E-state index in [1.165, 1.54) is 13.8 Å². The van der Waals surface area contributed by atoms with Crippen LogP contribution in [0.25, 0.3) is 11.2 Å². The summed E-state index contributed by atoms with van der Waals surface area (Å²) < 4.78 is 60.8. The first-order valence-electron chi connectivity index (χ1n) is 16.1. The molecule has 310 valence electrons. The van der Waals surface area contributed by atoms with E-state index in [0.717, 1.165) is 29.0 Å². The second-order valence-corrected chi connectivity index (χ2v) is 17.7. The number of aliphatic hydroxyl groups is 2. The van der Waals surface area contributed by atoms with Crippen molar-refractivity contribution in [2.75, 3.05) is 37.8 Å². The number of rotatable bonds is 20. The molecule has 0 radical (unpaired) electrons. The number of hydrogen-bond acceptors (Lipinski definition) is 21. The van der Waals surface area contributed by atoms with Gasteiger partial charge in [0.2, 0.25) is 16.9 Å². The third kappa shape index (κ3) is 17.4. The fourth-order valence-corrected chi connectivity index (χ4v) is 8.35. The van der Waals surface area contributed by atoms with E-state index < -0.39 is 84.6 Å². The quantitative estimate of drug-likeness (QED) is 0.0348. The van der Waals surface area contributed by atoms with Gasteiger partial charge in [0.25, 0.3) is 23.5 Å². The third-order valence-corrected chi connectivity index (χ3v) is 11.7. The van der Waals surface area contributed by atoms with Crippen LogP contribution < -0.4 is 120 Å². The van der Waals surface area contributed by atoms with Gasteiger partial charge in [-0.25, -0.2) is 19.3 Å². The van der Waals surface area contributed by atoms with Gasteiger partial charge in [0, 0.05) is 36.2 Å². The van der Waals surface area contributed by atoms with E-state index in [4.69, 9.17) is 10.5 Å². The molecule has 1 aromatic carbocycles. The number of amides is 2. The Hall–Kier alpha value is -0.220. The molecule has 1 aliphatic heterocycles. The number of hydrogen-bond donors (Lipinski definition) is 6. The van der Waals surface area contributed by atoms with E-state index in [1.807, 2.05) is 0 Å². The number of nitrogens with two attached hydrogens (primary N) is 1. The largest absolute Gasteiger partial charge is 1.00 e. The summed E-state index contributed by atoms with van der Waals surface area (Å²) in [5.74, 6) is -1.26.